The standard InChI is InChI=1S/C24H23N5O3S/c1-12-20-15(9-31-12)14-8-13(4-5-16(14)26-23(20)25)24(30)29(3)18-10-32-19-11-33-22(21(18)19)17-6-7-28(2)27-17/h4-8,11-12,18H,9-10H2,1-3H3,(H2,25,26). The number of pyridine rings is 1. The maximum atomic E-state index is 13.6. The fraction of sp³-hybridized carbons (Fsp3) is 0.292. The molecule has 0 saturated heterocycles. The van der Waals surface area contributed by atoms with E-state index in [1.165, 1.54) is 0 Å². The molecule has 0 fully saturated rings. The first kappa shape index (κ1) is 20.2. The van der Waals surface area contributed by atoms with Crippen molar-refractivity contribution in [2.45, 2.75) is 25.7 Å². The van der Waals surface area contributed by atoms with Gasteiger partial charge in [-0.2, -0.15) is 5.10 Å². The number of hydrogen-bond acceptors (Lipinski definition) is 7. The van der Waals surface area contributed by atoms with E-state index in [4.69, 9.17) is 15.2 Å². The Morgan fingerprint density at radius 1 is 1.30 bits per heavy atom. The Labute approximate surface area is 194 Å². The van der Waals surface area contributed by atoms with Crippen LogP contribution in [0.3, 0.4) is 0 Å². The van der Waals surface area contributed by atoms with E-state index in [9.17, 15) is 4.79 Å². The Bertz CT molecular complexity index is 1430. The van der Waals surface area contributed by atoms with Crippen molar-refractivity contribution < 1.29 is 14.3 Å². The number of aryl methyl sites for hydroxylation is 1. The average Bonchev–Trinajstić information content (AvgIpc) is 3.57. The summed E-state index contributed by atoms with van der Waals surface area (Å²) in [6.45, 7) is 2.86. The molecule has 2 aliphatic rings. The number of nitrogens with zero attached hydrogens (tertiary/aromatic N) is 4. The van der Waals surface area contributed by atoms with Crippen molar-refractivity contribution in [2.24, 2.45) is 7.05 Å². The Morgan fingerprint density at radius 2 is 2.15 bits per heavy atom. The molecule has 0 spiro atoms. The SMILES string of the molecule is CC1OCc2c1c(N)nc1ccc(C(=O)N(C)C3COc4csc(-c5ccn(C)n5)c43)cc21. The smallest absolute Gasteiger partial charge is 0.254 e. The number of aromatic nitrogens is 3. The minimum Gasteiger partial charge on any atom is -0.490 e. The quantitative estimate of drug-likeness (QED) is 0.494. The number of benzene rings is 1. The second-order valence-corrected chi connectivity index (χ2v) is 9.41. The topological polar surface area (TPSA) is 95.5 Å². The predicted molar refractivity (Wildman–Crippen MR) is 126 cm³/mol. The molecule has 6 rings (SSSR count). The molecular formula is C24H23N5O3S. The van der Waals surface area contributed by atoms with Gasteiger partial charge in [-0.1, -0.05) is 0 Å². The Hall–Kier alpha value is -3.43. The highest BCUT2D eigenvalue weighted by Crippen LogP contribution is 2.46. The molecule has 2 aliphatic heterocycles. The summed E-state index contributed by atoms with van der Waals surface area (Å²) in [5.74, 6) is 1.25. The van der Waals surface area contributed by atoms with E-state index in [0.717, 1.165) is 43.9 Å². The largest absolute Gasteiger partial charge is 0.490 e. The van der Waals surface area contributed by atoms with Crippen LogP contribution in [0, 0.1) is 0 Å². The van der Waals surface area contributed by atoms with E-state index in [0.29, 0.717) is 24.6 Å². The number of anilines is 1. The number of nitrogen functional groups attached to an aromatic ring is 1. The van der Waals surface area contributed by atoms with Crippen molar-refractivity contribution in [1.29, 1.82) is 0 Å². The molecule has 2 atom stereocenters. The van der Waals surface area contributed by atoms with Gasteiger partial charge in [-0.3, -0.25) is 9.48 Å². The first-order valence-electron chi connectivity index (χ1n) is 10.8. The van der Waals surface area contributed by atoms with Gasteiger partial charge in [0.2, 0.25) is 0 Å². The maximum Gasteiger partial charge on any atom is 0.254 e. The second kappa shape index (κ2) is 7.29. The predicted octanol–water partition coefficient (Wildman–Crippen LogP) is 4.08. The second-order valence-electron chi connectivity index (χ2n) is 8.53. The zero-order valence-electron chi connectivity index (χ0n) is 18.5. The third kappa shape index (κ3) is 3.03. The van der Waals surface area contributed by atoms with Crippen molar-refractivity contribution in [3.8, 4) is 16.3 Å². The van der Waals surface area contributed by atoms with Crippen LogP contribution in [-0.2, 0) is 18.4 Å². The van der Waals surface area contributed by atoms with Crippen LogP contribution in [0.2, 0.25) is 0 Å². The molecule has 33 heavy (non-hydrogen) atoms. The van der Waals surface area contributed by atoms with Gasteiger partial charge in [-0.05, 0) is 36.8 Å². The van der Waals surface area contributed by atoms with Crippen molar-refractivity contribution in [3.63, 3.8) is 0 Å². The zero-order valence-corrected chi connectivity index (χ0v) is 19.3. The van der Waals surface area contributed by atoms with Gasteiger partial charge >= 0.3 is 0 Å². The molecule has 4 aromatic rings. The number of nitrogens with two attached hydrogens (primary N) is 1. The number of carbonyl (C=O) groups excluding carboxylic acids is 1. The monoisotopic (exact) mass is 461 g/mol. The number of thiophene rings is 1. The van der Waals surface area contributed by atoms with E-state index in [2.05, 4.69) is 10.1 Å². The molecular weight excluding hydrogens is 438 g/mol. The molecule has 0 saturated carbocycles. The summed E-state index contributed by atoms with van der Waals surface area (Å²) in [6, 6.07) is 7.37. The number of ether oxygens (including phenoxy) is 2. The van der Waals surface area contributed by atoms with Crippen LogP contribution in [0.15, 0.2) is 35.8 Å². The highest BCUT2D eigenvalue weighted by atomic mass is 32.1. The zero-order chi connectivity index (χ0) is 22.9. The molecule has 0 aliphatic carbocycles. The summed E-state index contributed by atoms with van der Waals surface area (Å²) in [4.78, 5) is 20.9. The lowest BCUT2D eigenvalue weighted by Crippen LogP contribution is -2.32. The molecule has 1 amide bonds. The summed E-state index contributed by atoms with van der Waals surface area (Å²) in [7, 11) is 3.72. The minimum absolute atomic E-state index is 0.0749. The third-order valence-corrected chi connectivity index (χ3v) is 7.55. The Morgan fingerprint density at radius 3 is 2.94 bits per heavy atom. The van der Waals surface area contributed by atoms with Crippen LogP contribution >= 0.6 is 11.3 Å². The van der Waals surface area contributed by atoms with Crippen molar-refractivity contribution in [1.82, 2.24) is 19.7 Å². The van der Waals surface area contributed by atoms with Gasteiger partial charge in [0.05, 0.1) is 29.1 Å². The van der Waals surface area contributed by atoms with Crippen molar-refractivity contribution >= 4 is 34.0 Å². The van der Waals surface area contributed by atoms with E-state index in [-0.39, 0.29) is 18.1 Å². The molecule has 1 aromatic carbocycles. The molecule has 0 radical (unpaired) electrons. The summed E-state index contributed by atoms with van der Waals surface area (Å²) < 4.78 is 13.5. The molecule has 2 N–H and O–H groups in total. The van der Waals surface area contributed by atoms with Crippen molar-refractivity contribution in [2.75, 3.05) is 19.4 Å². The Kier molecular flexibility index (Phi) is 4.46. The minimum atomic E-state index is -0.190. The maximum absolute atomic E-state index is 13.6. The van der Waals surface area contributed by atoms with Crippen molar-refractivity contribution in [3.05, 3.63) is 58.1 Å². The van der Waals surface area contributed by atoms with Gasteiger partial charge in [0, 0.05) is 47.7 Å². The van der Waals surface area contributed by atoms with Gasteiger partial charge in [0.15, 0.2) is 0 Å². The van der Waals surface area contributed by atoms with E-state index in [1.54, 1.807) is 20.9 Å². The lowest BCUT2D eigenvalue weighted by atomic mass is 9.99. The van der Waals surface area contributed by atoms with Crippen LogP contribution in [0.25, 0.3) is 21.5 Å². The normalized spacial score (nSPS) is 18.9. The molecule has 5 heterocycles. The van der Waals surface area contributed by atoms with E-state index in [1.807, 2.05) is 56.9 Å². The molecule has 9 heteroatoms. The van der Waals surface area contributed by atoms with Crippen LogP contribution in [0.1, 0.15) is 46.1 Å². The lowest BCUT2D eigenvalue weighted by molar-refractivity contribution is 0.0708. The van der Waals surface area contributed by atoms with Gasteiger partial charge in [-0.25, -0.2) is 4.98 Å². The number of carbonyl (C=O) groups is 1. The number of amides is 1. The van der Waals surface area contributed by atoms with Gasteiger partial charge in [0.1, 0.15) is 23.9 Å². The molecule has 8 nitrogen and oxygen atoms in total. The number of hydrogen-bond donors (Lipinski definition) is 1. The lowest BCUT2D eigenvalue weighted by Gasteiger charge is -2.24. The summed E-state index contributed by atoms with van der Waals surface area (Å²) in [5, 5.41) is 7.45. The van der Waals surface area contributed by atoms with Gasteiger partial charge < -0.3 is 20.1 Å². The summed E-state index contributed by atoms with van der Waals surface area (Å²) in [6.07, 6.45) is 1.82. The van der Waals surface area contributed by atoms with Crippen LogP contribution in [0.4, 0.5) is 5.82 Å². The highest BCUT2D eigenvalue weighted by Gasteiger charge is 2.35. The molecule has 3 aromatic heterocycles. The number of likely N-dealkylation sites (N-methyl/N-ethyl adjacent to an activating group) is 1. The van der Waals surface area contributed by atoms with Crippen LogP contribution in [0.5, 0.6) is 5.75 Å². The number of rotatable bonds is 3. The number of fused-ring (bicyclic) bond motifs is 4. The Balaban J connectivity index is 1.37. The van der Waals surface area contributed by atoms with E-state index >= 15 is 0 Å². The van der Waals surface area contributed by atoms with E-state index < -0.39 is 0 Å². The first-order chi connectivity index (χ1) is 15.9. The highest BCUT2D eigenvalue weighted by molar-refractivity contribution is 7.14. The first-order valence-corrected chi connectivity index (χ1v) is 11.6. The average molecular weight is 462 g/mol. The van der Waals surface area contributed by atoms with Crippen LogP contribution in [-0.4, -0.2) is 39.2 Å². The molecule has 2 unspecified atom stereocenters. The fourth-order valence-corrected chi connectivity index (χ4v) is 5.83. The van der Waals surface area contributed by atoms with Gasteiger partial charge in [0.25, 0.3) is 5.91 Å². The summed E-state index contributed by atoms with van der Waals surface area (Å²) >= 11 is 1.59. The third-order valence-electron chi connectivity index (χ3n) is 6.55. The molecule has 0 bridgehead atoms. The summed E-state index contributed by atoms with van der Waals surface area (Å²) in [5.41, 5.74) is 11.4. The fourth-order valence-electron chi connectivity index (χ4n) is 4.81. The molecule has 168 valence electrons. The van der Waals surface area contributed by atoms with Crippen LogP contribution < -0.4 is 10.5 Å². The van der Waals surface area contributed by atoms with Gasteiger partial charge in [-0.15, -0.1) is 11.3 Å².